The van der Waals surface area contributed by atoms with Crippen LogP contribution in [0.5, 0.6) is 0 Å². The van der Waals surface area contributed by atoms with Crippen LogP contribution in [0.4, 0.5) is 5.69 Å². The van der Waals surface area contributed by atoms with Crippen LogP contribution in [0.1, 0.15) is 29.5 Å². The molecule has 0 bridgehead atoms. The molecule has 122 valence electrons. The van der Waals surface area contributed by atoms with Gasteiger partial charge in [-0.15, -0.1) is 0 Å². The third-order valence-corrected chi connectivity index (χ3v) is 4.99. The molecular formula is C19H16Cl2N2O. The van der Waals surface area contributed by atoms with Crippen LogP contribution in [-0.2, 0) is 10.3 Å². The van der Waals surface area contributed by atoms with Crippen molar-refractivity contribution in [3.05, 3.63) is 63.1 Å². The normalized spacial score (nSPS) is 20.3. The lowest BCUT2D eigenvalue weighted by Crippen LogP contribution is -2.43. The van der Waals surface area contributed by atoms with Gasteiger partial charge in [0.05, 0.1) is 6.07 Å². The molecule has 1 aliphatic heterocycles. The third kappa shape index (κ3) is 2.56. The maximum Gasteiger partial charge on any atom is 0.228 e. The van der Waals surface area contributed by atoms with E-state index in [9.17, 15) is 10.1 Å². The summed E-state index contributed by atoms with van der Waals surface area (Å²) in [5, 5.41) is 10.8. The molecule has 1 saturated heterocycles. The van der Waals surface area contributed by atoms with Crippen molar-refractivity contribution in [2.24, 2.45) is 0 Å². The number of hydrogen-bond donors (Lipinski definition) is 0. The summed E-state index contributed by atoms with van der Waals surface area (Å²) in [6.45, 7) is 3.93. The van der Waals surface area contributed by atoms with Gasteiger partial charge in [-0.05, 0) is 55.7 Å². The summed E-state index contributed by atoms with van der Waals surface area (Å²) in [6, 6.07) is 13.3. The number of amides is 1. The van der Waals surface area contributed by atoms with Crippen molar-refractivity contribution in [3.8, 4) is 6.07 Å². The first-order chi connectivity index (χ1) is 11.4. The van der Waals surface area contributed by atoms with E-state index >= 15 is 0 Å². The summed E-state index contributed by atoms with van der Waals surface area (Å²) >= 11 is 12.7. The number of nitriles is 1. The Balaban J connectivity index is 2.27. The Morgan fingerprint density at radius 2 is 1.71 bits per heavy atom. The quantitative estimate of drug-likeness (QED) is 0.744. The largest absolute Gasteiger partial charge is 0.289 e. The highest BCUT2D eigenvalue weighted by atomic mass is 35.5. The molecule has 1 atom stereocenters. The molecule has 3 rings (SSSR count). The van der Waals surface area contributed by atoms with Gasteiger partial charge in [0.25, 0.3) is 0 Å². The topological polar surface area (TPSA) is 44.1 Å². The van der Waals surface area contributed by atoms with E-state index in [2.05, 4.69) is 6.07 Å². The Morgan fingerprint density at radius 1 is 1.12 bits per heavy atom. The standard InChI is InChI=1S/C19H16Cl2N2O/c1-12-8-13(2)10-14(9-12)23-17(24)6-7-19(23,11-22)18-15(20)4-3-5-16(18)21/h3-5,8-10H,6-7H2,1-2H3. The molecule has 5 heteroatoms. The predicted octanol–water partition coefficient (Wildman–Crippen LogP) is 5.16. The number of hydrogen-bond acceptors (Lipinski definition) is 2. The average molecular weight is 359 g/mol. The van der Waals surface area contributed by atoms with E-state index in [0.717, 1.165) is 11.1 Å². The first kappa shape index (κ1) is 16.8. The van der Waals surface area contributed by atoms with Crippen molar-refractivity contribution < 1.29 is 4.79 Å². The Bertz CT molecular complexity index is 832. The number of aryl methyl sites for hydroxylation is 2. The summed E-state index contributed by atoms with van der Waals surface area (Å²) in [7, 11) is 0. The number of rotatable bonds is 2. The maximum atomic E-state index is 12.7. The Hall–Kier alpha value is -2.02. The molecule has 3 nitrogen and oxygen atoms in total. The Labute approximate surface area is 151 Å². The molecule has 0 N–H and O–H groups in total. The van der Waals surface area contributed by atoms with Gasteiger partial charge in [0.1, 0.15) is 0 Å². The van der Waals surface area contributed by atoms with Crippen LogP contribution < -0.4 is 4.90 Å². The van der Waals surface area contributed by atoms with Crippen LogP contribution in [0.3, 0.4) is 0 Å². The zero-order valence-electron chi connectivity index (χ0n) is 13.4. The van der Waals surface area contributed by atoms with Crippen LogP contribution in [0.25, 0.3) is 0 Å². The van der Waals surface area contributed by atoms with Gasteiger partial charge < -0.3 is 0 Å². The van der Waals surface area contributed by atoms with Crippen LogP contribution in [-0.4, -0.2) is 5.91 Å². The van der Waals surface area contributed by atoms with E-state index in [1.54, 1.807) is 23.1 Å². The molecule has 1 aliphatic rings. The van der Waals surface area contributed by atoms with Crippen molar-refractivity contribution in [3.63, 3.8) is 0 Å². The molecule has 24 heavy (non-hydrogen) atoms. The van der Waals surface area contributed by atoms with Gasteiger partial charge in [-0.3, -0.25) is 9.69 Å². The van der Waals surface area contributed by atoms with Gasteiger partial charge in [-0.1, -0.05) is 35.3 Å². The lowest BCUT2D eigenvalue weighted by molar-refractivity contribution is -0.117. The Morgan fingerprint density at radius 3 is 2.25 bits per heavy atom. The summed E-state index contributed by atoms with van der Waals surface area (Å²) in [4.78, 5) is 14.2. The van der Waals surface area contributed by atoms with E-state index in [1.807, 2.05) is 32.0 Å². The zero-order chi connectivity index (χ0) is 17.5. The fraction of sp³-hybridized carbons (Fsp3) is 0.263. The Kier molecular flexibility index (Phi) is 4.29. The monoisotopic (exact) mass is 358 g/mol. The molecule has 1 unspecified atom stereocenters. The summed E-state index contributed by atoms with van der Waals surface area (Å²) in [5.74, 6) is -0.0995. The van der Waals surface area contributed by atoms with Crippen LogP contribution in [0, 0.1) is 25.2 Å². The van der Waals surface area contributed by atoms with Gasteiger partial charge in [-0.25, -0.2) is 0 Å². The lowest BCUT2D eigenvalue weighted by atomic mass is 9.88. The molecule has 1 heterocycles. The molecule has 0 radical (unpaired) electrons. The molecular weight excluding hydrogens is 343 g/mol. The van der Waals surface area contributed by atoms with Crippen LogP contribution in [0.2, 0.25) is 10.0 Å². The number of carbonyl (C=O) groups excluding carboxylic acids is 1. The average Bonchev–Trinajstić information content (AvgIpc) is 2.84. The van der Waals surface area contributed by atoms with Gasteiger partial charge in [0.15, 0.2) is 5.54 Å². The highest BCUT2D eigenvalue weighted by molar-refractivity contribution is 6.36. The smallest absolute Gasteiger partial charge is 0.228 e. The second-order valence-electron chi connectivity index (χ2n) is 6.14. The highest BCUT2D eigenvalue weighted by Gasteiger charge is 2.50. The van der Waals surface area contributed by atoms with E-state index in [1.165, 1.54) is 0 Å². The van der Waals surface area contributed by atoms with Crippen molar-refractivity contribution in [1.29, 1.82) is 5.26 Å². The van der Waals surface area contributed by atoms with Gasteiger partial charge in [-0.2, -0.15) is 5.26 Å². The van der Waals surface area contributed by atoms with Crippen molar-refractivity contribution in [2.45, 2.75) is 32.2 Å². The van der Waals surface area contributed by atoms with E-state index in [0.29, 0.717) is 27.7 Å². The highest BCUT2D eigenvalue weighted by Crippen LogP contribution is 2.47. The molecule has 1 fully saturated rings. The maximum absolute atomic E-state index is 12.7. The van der Waals surface area contributed by atoms with Crippen molar-refractivity contribution in [1.82, 2.24) is 0 Å². The number of halogens is 2. The number of nitrogens with zero attached hydrogens (tertiary/aromatic N) is 2. The molecule has 1 amide bonds. The number of anilines is 1. The van der Waals surface area contributed by atoms with E-state index < -0.39 is 5.54 Å². The van der Waals surface area contributed by atoms with Gasteiger partial charge in [0, 0.05) is 27.7 Å². The van der Waals surface area contributed by atoms with Crippen LogP contribution in [0.15, 0.2) is 36.4 Å². The van der Waals surface area contributed by atoms with Crippen molar-refractivity contribution in [2.75, 3.05) is 4.90 Å². The predicted molar refractivity (Wildman–Crippen MR) is 96.4 cm³/mol. The van der Waals surface area contributed by atoms with Gasteiger partial charge in [0.2, 0.25) is 5.91 Å². The number of benzene rings is 2. The first-order valence-corrected chi connectivity index (χ1v) is 8.42. The second kappa shape index (κ2) is 6.12. The van der Waals surface area contributed by atoms with Gasteiger partial charge >= 0.3 is 0 Å². The summed E-state index contributed by atoms with van der Waals surface area (Å²) in [6.07, 6.45) is 0.640. The minimum absolute atomic E-state index is 0.0995. The molecule has 2 aromatic carbocycles. The van der Waals surface area contributed by atoms with E-state index in [4.69, 9.17) is 23.2 Å². The summed E-state index contributed by atoms with van der Waals surface area (Å²) in [5.41, 5.74) is 2.07. The molecule has 0 aromatic heterocycles. The first-order valence-electron chi connectivity index (χ1n) is 7.66. The molecule has 0 saturated carbocycles. The minimum atomic E-state index is -1.19. The lowest BCUT2D eigenvalue weighted by Gasteiger charge is -2.34. The molecule has 2 aromatic rings. The zero-order valence-corrected chi connectivity index (χ0v) is 14.9. The SMILES string of the molecule is Cc1cc(C)cc(N2C(=O)CCC2(C#N)c2c(Cl)cccc2Cl)c1. The van der Waals surface area contributed by atoms with Crippen molar-refractivity contribution >= 4 is 34.8 Å². The van der Waals surface area contributed by atoms with Crippen LogP contribution >= 0.6 is 23.2 Å². The van der Waals surface area contributed by atoms with E-state index in [-0.39, 0.29) is 12.3 Å². The molecule has 0 aliphatic carbocycles. The second-order valence-corrected chi connectivity index (χ2v) is 6.96. The third-order valence-electron chi connectivity index (χ3n) is 4.36. The number of carbonyl (C=O) groups is 1. The minimum Gasteiger partial charge on any atom is -0.289 e. The molecule has 0 spiro atoms. The fourth-order valence-electron chi connectivity index (χ4n) is 3.46. The summed E-state index contributed by atoms with van der Waals surface area (Å²) < 4.78 is 0. The fourth-order valence-corrected chi connectivity index (χ4v) is 4.17.